The smallest absolute Gasteiger partial charge is 0.115 e. The summed E-state index contributed by atoms with van der Waals surface area (Å²) in [5.41, 5.74) is 1.32. The van der Waals surface area contributed by atoms with Gasteiger partial charge < -0.3 is 10.4 Å². The van der Waals surface area contributed by atoms with Gasteiger partial charge in [0, 0.05) is 5.25 Å². The van der Waals surface area contributed by atoms with E-state index >= 15 is 0 Å². The Morgan fingerprint density at radius 3 is 2.82 bits per heavy atom. The molecule has 2 N–H and O–H groups in total. The van der Waals surface area contributed by atoms with E-state index in [1.165, 1.54) is 43.7 Å². The van der Waals surface area contributed by atoms with E-state index in [1.807, 2.05) is 12.1 Å². The molecule has 1 aliphatic heterocycles. The van der Waals surface area contributed by atoms with Gasteiger partial charge in [-0.2, -0.15) is 11.8 Å². The van der Waals surface area contributed by atoms with Crippen molar-refractivity contribution < 1.29 is 5.11 Å². The molecule has 0 amide bonds. The van der Waals surface area contributed by atoms with Crippen LogP contribution in [0.2, 0.25) is 0 Å². The first-order valence-electron chi connectivity index (χ1n) is 6.45. The van der Waals surface area contributed by atoms with Crippen molar-refractivity contribution in [1.82, 2.24) is 5.32 Å². The summed E-state index contributed by atoms with van der Waals surface area (Å²) in [4.78, 5) is 0. The van der Waals surface area contributed by atoms with E-state index in [0.717, 1.165) is 11.7 Å². The Labute approximate surface area is 108 Å². The number of nitrogens with one attached hydrogen (secondary N) is 1. The van der Waals surface area contributed by atoms with Crippen LogP contribution in [0.5, 0.6) is 5.75 Å². The minimum atomic E-state index is 0.358. The molecule has 17 heavy (non-hydrogen) atoms. The number of phenolic OH excluding ortho intramolecular Hbond substituents is 1. The summed E-state index contributed by atoms with van der Waals surface area (Å²) < 4.78 is 0. The van der Waals surface area contributed by atoms with E-state index < -0.39 is 0 Å². The van der Waals surface area contributed by atoms with E-state index in [2.05, 4.69) is 17.1 Å². The molecule has 94 valence electrons. The Kier molecular flexibility index (Phi) is 5.20. The van der Waals surface area contributed by atoms with Crippen LogP contribution in [0.4, 0.5) is 0 Å². The topological polar surface area (TPSA) is 32.3 Å². The minimum absolute atomic E-state index is 0.358. The number of thioether (sulfide) groups is 1. The quantitative estimate of drug-likeness (QED) is 0.863. The lowest BCUT2D eigenvalue weighted by Gasteiger charge is -2.12. The number of hydrogen-bond acceptors (Lipinski definition) is 3. The summed E-state index contributed by atoms with van der Waals surface area (Å²) in [6.45, 7) is 2.37. The van der Waals surface area contributed by atoms with E-state index in [0.29, 0.717) is 5.75 Å². The molecule has 0 saturated carbocycles. The first-order valence-corrected chi connectivity index (χ1v) is 7.50. The molecule has 1 heterocycles. The molecule has 0 spiro atoms. The van der Waals surface area contributed by atoms with Crippen molar-refractivity contribution in [2.75, 3.05) is 18.8 Å². The average molecular weight is 251 g/mol. The van der Waals surface area contributed by atoms with Crippen LogP contribution in [-0.2, 0) is 6.42 Å². The minimum Gasteiger partial charge on any atom is -0.508 e. The van der Waals surface area contributed by atoms with Gasteiger partial charge in [0.25, 0.3) is 0 Å². The van der Waals surface area contributed by atoms with E-state index in [1.54, 1.807) is 12.1 Å². The van der Waals surface area contributed by atoms with Gasteiger partial charge in [0.05, 0.1) is 0 Å². The number of phenols is 1. The maximum atomic E-state index is 9.21. The Morgan fingerprint density at radius 2 is 2.00 bits per heavy atom. The highest BCUT2D eigenvalue weighted by atomic mass is 32.2. The first-order chi connectivity index (χ1) is 8.34. The Hall–Kier alpha value is -0.670. The fourth-order valence-electron chi connectivity index (χ4n) is 2.16. The van der Waals surface area contributed by atoms with Crippen LogP contribution in [0.3, 0.4) is 0 Å². The van der Waals surface area contributed by atoms with E-state index in [9.17, 15) is 5.11 Å². The van der Waals surface area contributed by atoms with Crippen LogP contribution in [0.25, 0.3) is 0 Å². The molecule has 0 aliphatic carbocycles. The number of rotatable bonds is 4. The van der Waals surface area contributed by atoms with Crippen molar-refractivity contribution in [2.24, 2.45) is 0 Å². The fraction of sp³-hybridized carbons (Fsp3) is 0.571. The molecular weight excluding hydrogens is 230 g/mol. The van der Waals surface area contributed by atoms with Gasteiger partial charge in [-0.15, -0.1) is 0 Å². The SMILES string of the molecule is Oc1ccc(CCSC2CCCNCC2)cc1. The number of aryl methyl sites for hydroxylation is 1. The molecule has 2 rings (SSSR count). The van der Waals surface area contributed by atoms with Gasteiger partial charge in [0.15, 0.2) is 0 Å². The summed E-state index contributed by atoms with van der Waals surface area (Å²) in [6, 6.07) is 7.58. The lowest BCUT2D eigenvalue weighted by Crippen LogP contribution is -2.14. The van der Waals surface area contributed by atoms with Gasteiger partial charge in [0.2, 0.25) is 0 Å². The summed E-state index contributed by atoms with van der Waals surface area (Å²) in [5.74, 6) is 1.55. The van der Waals surface area contributed by atoms with Gasteiger partial charge in [-0.05, 0) is 62.2 Å². The standard InChI is InChI=1S/C14H21NOS/c16-13-5-3-12(4-6-13)8-11-17-14-2-1-9-15-10-7-14/h3-6,14-16H,1-2,7-11H2. The van der Waals surface area contributed by atoms with Crippen molar-refractivity contribution in [2.45, 2.75) is 30.9 Å². The Bertz CT molecular complexity index is 317. The van der Waals surface area contributed by atoms with Gasteiger partial charge in [-0.25, -0.2) is 0 Å². The van der Waals surface area contributed by atoms with Crippen LogP contribution in [0.1, 0.15) is 24.8 Å². The molecule has 1 saturated heterocycles. The molecule has 0 bridgehead atoms. The number of hydrogen-bond donors (Lipinski definition) is 2. The number of benzene rings is 1. The van der Waals surface area contributed by atoms with Crippen LogP contribution in [-0.4, -0.2) is 29.2 Å². The second kappa shape index (κ2) is 6.92. The maximum Gasteiger partial charge on any atom is 0.115 e. The normalized spacial score (nSPS) is 21.1. The molecule has 0 radical (unpaired) electrons. The summed E-state index contributed by atoms with van der Waals surface area (Å²) in [7, 11) is 0. The van der Waals surface area contributed by atoms with Gasteiger partial charge in [-0.1, -0.05) is 12.1 Å². The predicted octanol–water partition coefficient (Wildman–Crippen LogP) is 2.81. The Morgan fingerprint density at radius 1 is 1.18 bits per heavy atom. The summed E-state index contributed by atoms with van der Waals surface area (Å²) in [5, 5.41) is 13.5. The third kappa shape index (κ3) is 4.60. The van der Waals surface area contributed by atoms with Crippen LogP contribution in [0.15, 0.2) is 24.3 Å². The molecule has 1 fully saturated rings. The molecule has 2 nitrogen and oxygen atoms in total. The Balaban J connectivity index is 1.69. The molecule has 1 atom stereocenters. The largest absolute Gasteiger partial charge is 0.508 e. The van der Waals surface area contributed by atoms with Crippen molar-refractivity contribution in [3.05, 3.63) is 29.8 Å². The highest BCUT2D eigenvalue weighted by Gasteiger charge is 2.11. The lowest BCUT2D eigenvalue weighted by atomic mass is 10.2. The van der Waals surface area contributed by atoms with E-state index in [4.69, 9.17) is 0 Å². The lowest BCUT2D eigenvalue weighted by molar-refractivity contribution is 0.475. The second-order valence-corrected chi connectivity index (χ2v) is 6.00. The van der Waals surface area contributed by atoms with Gasteiger partial charge in [-0.3, -0.25) is 0 Å². The second-order valence-electron chi connectivity index (χ2n) is 4.59. The highest BCUT2D eigenvalue weighted by molar-refractivity contribution is 7.99. The zero-order chi connectivity index (χ0) is 11.9. The van der Waals surface area contributed by atoms with E-state index in [-0.39, 0.29) is 0 Å². The highest BCUT2D eigenvalue weighted by Crippen LogP contribution is 2.22. The average Bonchev–Trinajstić information content (AvgIpc) is 2.60. The fourth-order valence-corrected chi connectivity index (χ4v) is 3.46. The molecule has 1 aromatic carbocycles. The maximum absolute atomic E-state index is 9.21. The monoisotopic (exact) mass is 251 g/mol. The number of aromatic hydroxyl groups is 1. The van der Waals surface area contributed by atoms with Crippen molar-refractivity contribution >= 4 is 11.8 Å². The molecule has 1 aliphatic rings. The molecule has 1 aromatic rings. The zero-order valence-electron chi connectivity index (χ0n) is 10.2. The summed E-state index contributed by atoms with van der Waals surface area (Å²) >= 11 is 2.11. The van der Waals surface area contributed by atoms with Gasteiger partial charge in [0.1, 0.15) is 5.75 Å². The molecule has 1 unspecified atom stereocenters. The first kappa shape index (κ1) is 12.8. The third-order valence-electron chi connectivity index (χ3n) is 3.20. The van der Waals surface area contributed by atoms with Crippen LogP contribution in [0, 0.1) is 0 Å². The summed E-state index contributed by atoms with van der Waals surface area (Å²) in [6.07, 6.45) is 5.08. The molecular formula is C14H21NOS. The zero-order valence-corrected chi connectivity index (χ0v) is 11.0. The van der Waals surface area contributed by atoms with Crippen LogP contribution < -0.4 is 5.32 Å². The predicted molar refractivity (Wildman–Crippen MR) is 74.8 cm³/mol. The third-order valence-corrected chi connectivity index (χ3v) is 4.59. The van der Waals surface area contributed by atoms with Crippen molar-refractivity contribution in [3.8, 4) is 5.75 Å². The van der Waals surface area contributed by atoms with Crippen LogP contribution >= 0.6 is 11.8 Å². The van der Waals surface area contributed by atoms with Crippen molar-refractivity contribution in [1.29, 1.82) is 0 Å². The molecule has 0 aromatic heterocycles. The molecule has 3 heteroatoms. The van der Waals surface area contributed by atoms with Gasteiger partial charge >= 0.3 is 0 Å². The van der Waals surface area contributed by atoms with Crippen molar-refractivity contribution in [3.63, 3.8) is 0 Å².